The van der Waals surface area contributed by atoms with Crippen molar-refractivity contribution in [3.8, 4) is 11.5 Å². The van der Waals surface area contributed by atoms with Gasteiger partial charge in [0.1, 0.15) is 11.5 Å². The van der Waals surface area contributed by atoms with Crippen molar-refractivity contribution in [1.82, 2.24) is 0 Å². The van der Waals surface area contributed by atoms with Gasteiger partial charge in [-0.15, -0.1) is 0 Å². The summed E-state index contributed by atoms with van der Waals surface area (Å²) in [5, 5.41) is 0. The number of hydrogen-bond donors (Lipinski definition) is 1. The molecule has 132 valence electrons. The summed E-state index contributed by atoms with van der Waals surface area (Å²) in [5.74, 6) is 0.248. The third kappa shape index (κ3) is 3.98. The normalized spacial score (nSPS) is 11.1. The van der Waals surface area contributed by atoms with Crippen LogP contribution in [0.25, 0.3) is 0 Å². The topological polar surface area (TPSA) is 89.9 Å². The number of aryl methyl sites for hydroxylation is 2. The van der Waals surface area contributed by atoms with E-state index >= 15 is 0 Å². The fraction of sp³-hybridized carbons (Fsp3) is 0.222. The van der Waals surface area contributed by atoms with Gasteiger partial charge in [-0.1, -0.05) is 24.3 Å². The van der Waals surface area contributed by atoms with E-state index in [4.69, 9.17) is 9.47 Å². The molecule has 0 saturated heterocycles. The monoisotopic (exact) mass is 362 g/mol. The fourth-order valence-corrected chi connectivity index (χ4v) is 2.65. The number of benzene rings is 2. The smallest absolute Gasteiger partial charge is 0.411 e. The lowest BCUT2D eigenvalue weighted by atomic mass is 10.1. The van der Waals surface area contributed by atoms with Gasteiger partial charge in [0, 0.05) is 0 Å². The van der Waals surface area contributed by atoms with E-state index in [0.717, 1.165) is 11.1 Å². The molecule has 0 spiro atoms. The Kier molecular flexibility index (Phi) is 5.45. The van der Waals surface area contributed by atoms with Crippen molar-refractivity contribution in [2.75, 3.05) is 0 Å². The summed E-state index contributed by atoms with van der Waals surface area (Å²) >= 11 is 0. The Morgan fingerprint density at radius 2 is 1.16 bits per heavy atom. The molecule has 25 heavy (non-hydrogen) atoms. The number of carbonyl (C=O) groups is 2. The quantitative estimate of drug-likeness (QED) is 0.779. The molecule has 0 bridgehead atoms. The van der Waals surface area contributed by atoms with Gasteiger partial charge in [-0.3, -0.25) is 4.57 Å². The van der Waals surface area contributed by atoms with Crippen LogP contribution >= 0.6 is 7.37 Å². The van der Waals surface area contributed by atoms with E-state index in [1.165, 1.54) is 12.1 Å². The molecule has 2 rings (SSSR count). The first-order valence-electron chi connectivity index (χ1n) is 7.54. The largest absolute Gasteiger partial charge is 0.419 e. The van der Waals surface area contributed by atoms with Crippen LogP contribution in [0.15, 0.2) is 36.4 Å². The van der Waals surface area contributed by atoms with Crippen LogP contribution < -0.4 is 9.47 Å². The highest BCUT2D eigenvalue weighted by atomic mass is 31.2. The van der Waals surface area contributed by atoms with E-state index in [9.17, 15) is 19.0 Å². The van der Waals surface area contributed by atoms with Crippen LogP contribution in [-0.2, 0) is 4.57 Å². The van der Waals surface area contributed by atoms with Crippen molar-refractivity contribution in [1.29, 1.82) is 0 Å². The molecule has 0 aliphatic carbocycles. The zero-order chi connectivity index (χ0) is 18.8. The van der Waals surface area contributed by atoms with Crippen molar-refractivity contribution in [3.05, 3.63) is 58.7 Å². The molecule has 0 aliphatic heterocycles. The molecule has 0 unspecified atom stereocenters. The van der Waals surface area contributed by atoms with Crippen molar-refractivity contribution in [2.24, 2.45) is 0 Å². The predicted molar refractivity (Wildman–Crippen MR) is 93.7 cm³/mol. The lowest BCUT2D eigenvalue weighted by Crippen LogP contribution is -2.17. The molecule has 6 nitrogen and oxygen atoms in total. The van der Waals surface area contributed by atoms with E-state index in [-0.39, 0.29) is 11.5 Å². The van der Waals surface area contributed by atoms with Gasteiger partial charge in [0.2, 0.25) is 0 Å². The summed E-state index contributed by atoms with van der Waals surface area (Å²) in [6.07, 6.45) is 0. The minimum Gasteiger partial charge on any atom is -0.419 e. The van der Waals surface area contributed by atoms with Crippen molar-refractivity contribution in [2.45, 2.75) is 27.7 Å². The summed E-state index contributed by atoms with van der Waals surface area (Å²) in [6.45, 7) is 7.02. The van der Waals surface area contributed by atoms with Gasteiger partial charge in [0.25, 0.3) is 0 Å². The maximum absolute atomic E-state index is 12.2. The van der Waals surface area contributed by atoms with Gasteiger partial charge in [-0.25, -0.2) is 9.59 Å². The van der Waals surface area contributed by atoms with Crippen LogP contribution in [0, 0.1) is 27.7 Å². The van der Waals surface area contributed by atoms with Crippen LogP contribution in [0.4, 0.5) is 9.59 Å². The molecule has 0 radical (unpaired) electrons. The summed E-state index contributed by atoms with van der Waals surface area (Å²) in [5.41, 5.74) is -0.0995. The second kappa shape index (κ2) is 7.21. The Bertz CT molecular complexity index is 818. The maximum atomic E-state index is 12.2. The van der Waals surface area contributed by atoms with Crippen molar-refractivity contribution in [3.63, 3.8) is 0 Å². The minimum absolute atomic E-state index is 0.124. The Labute approximate surface area is 145 Å². The van der Waals surface area contributed by atoms with E-state index in [1.54, 1.807) is 52.0 Å². The lowest BCUT2D eigenvalue weighted by Gasteiger charge is -2.13. The van der Waals surface area contributed by atoms with Crippen LogP contribution in [0.3, 0.4) is 0 Å². The summed E-state index contributed by atoms with van der Waals surface area (Å²) in [7, 11) is -5.00. The Hall–Kier alpha value is -2.43. The average molecular weight is 362 g/mol. The van der Waals surface area contributed by atoms with Gasteiger partial charge in [0.15, 0.2) is 0 Å². The molecule has 2 aromatic carbocycles. The highest BCUT2D eigenvalue weighted by Gasteiger charge is 2.43. The van der Waals surface area contributed by atoms with Crippen molar-refractivity contribution < 1.29 is 28.5 Å². The minimum atomic E-state index is -5.00. The van der Waals surface area contributed by atoms with Gasteiger partial charge < -0.3 is 14.4 Å². The zero-order valence-electron chi connectivity index (χ0n) is 14.4. The van der Waals surface area contributed by atoms with Gasteiger partial charge in [-0.05, 0) is 62.1 Å². The first-order valence-corrected chi connectivity index (χ1v) is 9.20. The number of ether oxygens (including phenoxy) is 2. The van der Waals surface area contributed by atoms with Crippen LogP contribution in [0.5, 0.6) is 11.5 Å². The molecular formula is C18H19O6P. The standard InChI is InChI=1S/C18H19O6P/c1-11-7-5-9-15(13(11)3)23-17(19)25(21,22)18(20)24-16-10-6-8-12(2)14(16)4/h5-10H,1-4H3,(H,21,22). The number of carbonyl (C=O) groups excluding carboxylic acids is 2. The first-order chi connectivity index (χ1) is 11.6. The highest BCUT2D eigenvalue weighted by Crippen LogP contribution is 2.46. The summed E-state index contributed by atoms with van der Waals surface area (Å²) < 4.78 is 22.1. The zero-order valence-corrected chi connectivity index (χ0v) is 15.3. The van der Waals surface area contributed by atoms with Gasteiger partial charge >= 0.3 is 18.8 Å². The van der Waals surface area contributed by atoms with Gasteiger partial charge in [0.05, 0.1) is 0 Å². The molecule has 0 aromatic heterocycles. The fourth-order valence-electron chi connectivity index (χ4n) is 2.06. The van der Waals surface area contributed by atoms with Crippen LogP contribution in [0.2, 0.25) is 0 Å². The number of hydrogen-bond acceptors (Lipinski definition) is 5. The molecule has 0 amide bonds. The first kappa shape index (κ1) is 18.9. The molecular weight excluding hydrogens is 343 g/mol. The summed E-state index contributed by atoms with van der Waals surface area (Å²) in [6, 6.07) is 9.86. The predicted octanol–water partition coefficient (Wildman–Crippen LogP) is 4.89. The lowest BCUT2D eigenvalue weighted by molar-refractivity contribution is 0.210. The third-order valence-corrected chi connectivity index (χ3v) is 5.17. The average Bonchev–Trinajstić information content (AvgIpc) is 2.55. The molecule has 0 aliphatic rings. The molecule has 0 fully saturated rings. The Morgan fingerprint density at radius 1 is 0.800 bits per heavy atom. The molecule has 0 heterocycles. The number of rotatable bonds is 4. The molecule has 7 heteroatoms. The Balaban J connectivity index is 2.20. The van der Waals surface area contributed by atoms with E-state index < -0.39 is 18.8 Å². The second-order valence-corrected chi connectivity index (χ2v) is 7.59. The SMILES string of the molecule is Cc1cccc(OC(=O)P(=O)(O)C(=O)Oc2cccc(C)c2C)c1C. The van der Waals surface area contributed by atoms with Crippen LogP contribution in [0.1, 0.15) is 22.3 Å². The summed E-state index contributed by atoms with van der Waals surface area (Å²) in [4.78, 5) is 34.0. The Morgan fingerprint density at radius 3 is 1.52 bits per heavy atom. The second-order valence-electron chi connectivity index (χ2n) is 5.71. The van der Waals surface area contributed by atoms with E-state index in [2.05, 4.69) is 0 Å². The van der Waals surface area contributed by atoms with E-state index in [1.807, 2.05) is 0 Å². The maximum Gasteiger partial charge on any atom is 0.411 e. The van der Waals surface area contributed by atoms with Crippen molar-refractivity contribution >= 4 is 18.8 Å². The molecule has 2 aromatic rings. The van der Waals surface area contributed by atoms with Crippen LogP contribution in [-0.4, -0.2) is 16.3 Å². The molecule has 1 N–H and O–H groups in total. The third-order valence-electron chi connectivity index (χ3n) is 4.00. The van der Waals surface area contributed by atoms with E-state index in [0.29, 0.717) is 11.1 Å². The van der Waals surface area contributed by atoms with Gasteiger partial charge in [-0.2, -0.15) is 0 Å². The molecule has 0 atom stereocenters. The highest BCUT2D eigenvalue weighted by molar-refractivity contribution is 7.89. The molecule has 0 saturated carbocycles.